The predicted octanol–water partition coefficient (Wildman–Crippen LogP) is 6.56. The molecule has 1 aliphatic heterocycles. The van der Waals surface area contributed by atoms with Crippen molar-refractivity contribution in [2.45, 2.75) is 58.0 Å². The van der Waals surface area contributed by atoms with Crippen molar-refractivity contribution in [2.75, 3.05) is 0 Å². The summed E-state index contributed by atoms with van der Waals surface area (Å²) in [5.74, 6) is 0.481. The summed E-state index contributed by atoms with van der Waals surface area (Å²) in [7, 11) is 0. The van der Waals surface area contributed by atoms with Crippen LogP contribution in [0.1, 0.15) is 57.4 Å². The van der Waals surface area contributed by atoms with E-state index in [-0.39, 0.29) is 35.9 Å². The van der Waals surface area contributed by atoms with Gasteiger partial charge in [0.05, 0.1) is 0 Å². The second-order valence-electron chi connectivity index (χ2n) is 10.8. The second kappa shape index (κ2) is 8.65. The topological polar surface area (TPSA) is 46.2 Å². The molecule has 2 atom stereocenters. The molecule has 1 aromatic carbocycles. The van der Waals surface area contributed by atoms with Crippen LogP contribution in [0.15, 0.2) is 76.7 Å². The van der Waals surface area contributed by atoms with Gasteiger partial charge in [0.15, 0.2) is 5.78 Å². The fourth-order valence-electron chi connectivity index (χ4n) is 6.42. The van der Waals surface area contributed by atoms with Gasteiger partial charge in [0.2, 0.25) is 0 Å². The van der Waals surface area contributed by atoms with Crippen LogP contribution in [0.5, 0.6) is 0 Å². The van der Waals surface area contributed by atoms with Crippen molar-refractivity contribution in [3.63, 3.8) is 0 Å². The van der Waals surface area contributed by atoms with Gasteiger partial charge in [0, 0.05) is 40.3 Å². The number of halogens is 3. The zero-order valence-corrected chi connectivity index (χ0v) is 20.0. The SMILES string of the molecule is CC(C)C1=CC(c2ccccc2)C2=C(CC(C3CC4(CC(C(F)(F)F)=CC=C4C=O)C3)CC2=O)N1. The van der Waals surface area contributed by atoms with Gasteiger partial charge < -0.3 is 5.32 Å². The first-order chi connectivity index (χ1) is 16.6. The molecular formula is C29H30F3NO2. The van der Waals surface area contributed by atoms with Gasteiger partial charge in [-0.15, -0.1) is 0 Å². The number of Topliss-reactive ketones (excluding diaryl/α,β-unsaturated/α-hetero) is 1. The van der Waals surface area contributed by atoms with E-state index >= 15 is 0 Å². The maximum Gasteiger partial charge on any atom is 0.412 e. The van der Waals surface area contributed by atoms with Crippen LogP contribution in [-0.2, 0) is 9.59 Å². The summed E-state index contributed by atoms with van der Waals surface area (Å²) >= 11 is 0. The predicted molar refractivity (Wildman–Crippen MR) is 128 cm³/mol. The summed E-state index contributed by atoms with van der Waals surface area (Å²) in [6.07, 6.45) is 2.84. The Labute approximate surface area is 203 Å². The van der Waals surface area contributed by atoms with Crippen LogP contribution in [-0.4, -0.2) is 18.2 Å². The number of nitrogens with one attached hydrogen (secondary N) is 1. The van der Waals surface area contributed by atoms with Gasteiger partial charge >= 0.3 is 6.18 Å². The molecule has 4 aliphatic rings. The summed E-state index contributed by atoms with van der Waals surface area (Å²) in [5, 5.41) is 3.53. The Hall–Kier alpha value is -2.89. The van der Waals surface area contributed by atoms with Crippen LogP contribution in [0.25, 0.3) is 0 Å². The molecular weight excluding hydrogens is 451 g/mol. The maximum absolute atomic E-state index is 13.5. The molecule has 184 valence electrons. The number of ketones is 1. The first kappa shape index (κ1) is 23.8. The Morgan fingerprint density at radius 3 is 2.40 bits per heavy atom. The fourth-order valence-corrected chi connectivity index (χ4v) is 6.42. The van der Waals surface area contributed by atoms with Gasteiger partial charge in [-0.25, -0.2) is 0 Å². The lowest BCUT2D eigenvalue weighted by atomic mass is 9.51. The molecule has 35 heavy (non-hydrogen) atoms. The van der Waals surface area contributed by atoms with Gasteiger partial charge in [-0.1, -0.05) is 62.4 Å². The summed E-state index contributed by atoms with van der Waals surface area (Å²) < 4.78 is 40.2. The van der Waals surface area contributed by atoms with Crippen LogP contribution in [0.4, 0.5) is 13.2 Å². The van der Waals surface area contributed by atoms with Gasteiger partial charge in [-0.3, -0.25) is 9.59 Å². The summed E-state index contributed by atoms with van der Waals surface area (Å²) in [5.41, 5.74) is 3.08. The zero-order chi connectivity index (χ0) is 25.0. The van der Waals surface area contributed by atoms with Crippen LogP contribution in [0.3, 0.4) is 0 Å². The number of aldehydes is 1. The third-order valence-corrected chi connectivity index (χ3v) is 8.34. The van der Waals surface area contributed by atoms with Crippen LogP contribution in [0.2, 0.25) is 0 Å². The summed E-state index contributed by atoms with van der Waals surface area (Å²) in [4.78, 5) is 25.1. The Morgan fingerprint density at radius 1 is 1.06 bits per heavy atom. The molecule has 1 fully saturated rings. The number of rotatable bonds is 4. The van der Waals surface area contributed by atoms with E-state index in [9.17, 15) is 22.8 Å². The number of carbonyl (C=O) groups excluding carboxylic acids is 2. The average molecular weight is 482 g/mol. The average Bonchev–Trinajstić information content (AvgIpc) is 2.81. The van der Waals surface area contributed by atoms with Crippen LogP contribution < -0.4 is 5.32 Å². The maximum atomic E-state index is 13.5. The Morgan fingerprint density at radius 2 is 1.77 bits per heavy atom. The van der Waals surface area contributed by atoms with E-state index in [4.69, 9.17) is 0 Å². The van der Waals surface area contributed by atoms with Crippen molar-refractivity contribution in [2.24, 2.45) is 23.2 Å². The first-order valence-corrected chi connectivity index (χ1v) is 12.3. The van der Waals surface area contributed by atoms with Gasteiger partial charge in [-0.05, 0) is 54.6 Å². The number of hydrogen-bond acceptors (Lipinski definition) is 3. The highest BCUT2D eigenvalue weighted by molar-refractivity contribution is 5.99. The van der Waals surface area contributed by atoms with E-state index in [2.05, 4.69) is 25.2 Å². The normalized spacial score (nSPS) is 30.7. The minimum absolute atomic E-state index is 0.0652. The number of benzene rings is 1. The number of allylic oxidation sites excluding steroid dienone is 8. The molecule has 1 saturated carbocycles. The van der Waals surface area contributed by atoms with Crippen molar-refractivity contribution in [3.05, 3.63) is 82.2 Å². The van der Waals surface area contributed by atoms with E-state index in [0.29, 0.717) is 37.5 Å². The largest absolute Gasteiger partial charge is 0.412 e. The number of alkyl halides is 3. The molecule has 1 aromatic rings. The fraction of sp³-hybridized carbons (Fsp3) is 0.448. The van der Waals surface area contributed by atoms with Gasteiger partial charge in [-0.2, -0.15) is 13.2 Å². The molecule has 0 saturated heterocycles. The smallest absolute Gasteiger partial charge is 0.362 e. The molecule has 6 heteroatoms. The highest BCUT2D eigenvalue weighted by Gasteiger charge is 2.54. The summed E-state index contributed by atoms with van der Waals surface area (Å²) in [6, 6.07) is 10.0. The van der Waals surface area contributed by atoms with E-state index in [1.165, 1.54) is 6.08 Å². The summed E-state index contributed by atoms with van der Waals surface area (Å²) in [6.45, 7) is 4.23. The minimum atomic E-state index is -4.39. The monoisotopic (exact) mass is 481 g/mol. The van der Waals surface area contributed by atoms with Crippen molar-refractivity contribution >= 4 is 12.1 Å². The van der Waals surface area contributed by atoms with Crippen molar-refractivity contribution in [1.82, 2.24) is 5.32 Å². The van der Waals surface area contributed by atoms with Crippen LogP contribution in [0, 0.1) is 23.2 Å². The Bertz CT molecular complexity index is 1160. The molecule has 1 heterocycles. The highest BCUT2D eigenvalue weighted by atomic mass is 19.4. The molecule has 0 amide bonds. The molecule has 3 aliphatic carbocycles. The molecule has 3 nitrogen and oxygen atoms in total. The number of hydrogen-bond donors (Lipinski definition) is 1. The molecule has 1 spiro atoms. The van der Waals surface area contributed by atoms with E-state index < -0.39 is 17.2 Å². The van der Waals surface area contributed by atoms with Crippen molar-refractivity contribution in [1.29, 1.82) is 0 Å². The van der Waals surface area contributed by atoms with E-state index in [0.717, 1.165) is 28.6 Å². The molecule has 0 radical (unpaired) electrons. The Kier molecular flexibility index (Phi) is 5.89. The molecule has 0 aromatic heterocycles. The van der Waals surface area contributed by atoms with Crippen molar-refractivity contribution in [3.8, 4) is 0 Å². The van der Waals surface area contributed by atoms with E-state index in [1.807, 2.05) is 30.3 Å². The van der Waals surface area contributed by atoms with Crippen molar-refractivity contribution < 1.29 is 22.8 Å². The quantitative estimate of drug-likeness (QED) is 0.496. The molecule has 0 bridgehead atoms. The molecule has 1 N–H and O–H groups in total. The lowest BCUT2D eigenvalue weighted by molar-refractivity contribution is -0.120. The lowest BCUT2D eigenvalue weighted by Gasteiger charge is -2.53. The third kappa shape index (κ3) is 4.21. The third-order valence-electron chi connectivity index (χ3n) is 8.34. The van der Waals surface area contributed by atoms with Crippen LogP contribution >= 0.6 is 0 Å². The lowest BCUT2D eigenvalue weighted by Crippen LogP contribution is -2.46. The first-order valence-electron chi connectivity index (χ1n) is 12.3. The highest BCUT2D eigenvalue weighted by Crippen LogP contribution is 2.61. The zero-order valence-electron chi connectivity index (χ0n) is 20.0. The molecule has 2 unspecified atom stereocenters. The minimum Gasteiger partial charge on any atom is -0.362 e. The molecule has 5 rings (SSSR count). The Balaban J connectivity index is 1.38. The number of dihydropyridines is 1. The van der Waals surface area contributed by atoms with Gasteiger partial charge in [0.25, 0.3) is 0 Å². The van der Waals surface area contributed by atoms with Gasteiger partial charge in [0.1, 0.15) is 6.29 Å². The standard InChI is InChI=1S/C29H30F3NO2/c1-17(2)24-12-23(18-6-4-3-5-7-18)27-25(33-24)10-19(11-26(27)35)20-13-28(14-20)15-21(29(30,31)32)8-9-22(28)16-34/h3-9,12,16-17,19-20,23,33H,10-11,13-15H2,1-2H3. The van der Waals surface area contributed by atoms with E-state index in [1.54, 1.807) is 0 Å². The number of carbonyl (C=O) groups is 2. The second-order valence-corrected chi connectivity index (χ2v) is 10.8.